The Kier molecular flexibility index (Phi) is 5.19. The minimum absolute atomic E-state index is 0.139. The highest BCUT2D eigenvalue weighted by Gasteiger charge is 2.24. The lowest BCUT2D eigenvalue weighted by atomic mass is 10.3. The predicted octanol–water partition coefficient (Wildman–Crippen LogP) is -0.0471. The van der Waals surface area contributed by atoms with Crippen LogP contribution in [0.2, 0.25) is 0 Å². The summed E-state index contributed by atoms with van der Waals surface area (Å²) in [6, 6.07) is 4.47. The number of aromatic nitrogens is 3. The minimum Gasteiger partial charge on any atom is -0.324 e. The SMILES string of the molecule is CN(CC(=O)Nc1cnc2c(c1)c(=O)n(C)c(=O)n2C)S(=O)(=O)c1cccs1. The van der Waals surface area contributed by atoms with Gasteiger partial charge in [0.1, 0.15) is 9.86 Å². The molecule has 0 bridgehead atoms. The molecule has 0 saturated heterocycles. The van der Waals surface area contributed by atoms with E-state index < -0.39 is 33.7 Å². The third-order valence-electron chi connectivity index (χ3n) is 4.10. The first-order valence-electron chi connectivity index (χ1n) is 7.98. The van der Waals surface area contributed by atoms with Crippen LogP contribution in [0.25, 0.3) is 11.0 Å². The van der Waals surface area contributed by atoms with Crippen molar-refractivity contribution in [3.8, 4) is 0 Å². The van der Waals surface area contributed by atoms with E-state index in [0.29, 0.717) is 0 Å². The van der Waals surface area contributed by atoms with Crippen LogP contribution in [-0.2, 0) is 28.9 Å². The molecule has 10 nitrogen and oxygen atoms in total. The van der Waals surface area contributed by atoms with Crippen LogP contribution in [0.5, 0.6) is 0 Å². The van der Waals surface area contributed by atoms with E-state index in [0.717, 1.165) is 20.2 Å². The first-order valence-corrected chi connectivity index (χ1v) is 10.3. The lowest BCUT2D eigenvalue weighted by Crippen LogP contribution is -2.37. The number of carbonyl (C=O) groups excluding carboxylic acids is 1. The van der Waals surface area contributed by atoms with Gasteiger partial charge in [-0.2, -0.15) is 4.31 Å². The van der Waals surface area contributed by atoms with E-state index in [2.05, 4.69) is 10.3 Å². The number of hydrogen-bond donors (Lipinski definition) is 1. The average molecular weight is 423 g/mol. The molecule has 0 aromatic carbocycles. The van der Waals surface area contributed by atoms with Gasteiger partial charge in [0.15, 0.2) is 0 Å². The molecule has 28 heavy (non-hydrogen) atoms. The van der Waals surface area contributed by atoms with E-state index in [1.54, 1.807) is 11.4 Å². The largest absolute Gasteiger partial charge is 0.332 e. The molecule has 1 N–H and O–H groups in total. The Hall–Kier alpha value is -2.83. The number of amides is 1. The van der Waals surface area contributed by atoms with Crippen LogP contribution in [0.15, 0.2) is 43.6 Å². The van der Waals surface area contributed by atoms with Crippen molar-refractivity contribution in [1.29, 1.82) is 0 Å². The number of hydrogen-bond acceptors (Lipinski definition) is 7. The van der Waals surface area contributed by atoms with E-state index in [1.165, 1.54) is 44.0 Å². The molecule has 0 aliphatic carbocycles. The fraction of sp³-hybridized carbons (Fsp3) is 0.250. The van der Waals surface area contributed by atoms with E-state index in [9.17, 15) is 22.8 Å². The average Bonchev–Trinajstić information content (AvgIpc) is 3.20. The van der Waals surface area contributed by atoms with Gasteiger partial charge in [-0.25, -0.2) is 18.2 Å². The molecule has 3 rings (SSSR count). The summed E-state index contributed by atoms with van der Waals surface area (Å²) < 4.78 is 28.0. The van der Waals surface area contributed by atoms with Crippen molar-refractivity contribution in [2.75, 3.05) is 18.9 Å². The van der Waals surface area contributed by atoms with Crippen LogP contribution in [0.3, 0.4) is 0 Å². The van der Waals surface area contributed by atoms with Crippen LogP contribution in [0.4, 0.5) is 5.69 Å². The fourth-order valence-corrected chi connectivity index (χ4v) is 4.91. The Morgan fingerprint density at radius 2 is 2.00 bits per heavy atom. The first kappa shape index (κ1) is 19.9. The van der Waals surface area contributed by atoms with Gasteiger partial charge in [0.05, 0.1) is 23.8 Å². The van der Waals surface area contributed by atoms with Crippen molar-refractivity contribution in [1.82, 2.24) is 18.4 Å². The zero-order chi connectivity index (χ0) is 20.6. The van der Waals surface area contributed by atoms with Gasteiger partial charge in [-0.05, 0) is 17.5 Å². The number of rotatable bonds is 5. The number of thiophene rings is 1. The fourth-order valence-electron chi connectivity index (χ4n) is 2.59. The van der Waals surface area contributed by atoms with E-state index in [4.69, 9.17) is 0 Å². The Morgan fingerprint density at radius 1 is 1.29 bits per heavy atom. The molecule has 3 aromatic heterocycles. The number of anilines is 1. The van der Waals surface area contributed by atoms with Gasteiger partial charge in [0.25, 0.3) is 15.6 Å². The van der Waals surface area contributed by atoms with Gasteiger partial charge in [0, 0.05) is 21.1 Å². The Balaban J connectivity index is 1.84. The van der Waals surface area contributed by atoms with Gasteiger partial charge in [0.2, 0.25) is 5.91 Å². The molecule has 0 unspecified atom stereocenters. The van der Waals surface area contributed by atoms with Crippen LogP contribution in [0, 0.1) is 0 Å². The Bertz CT molecular complexity index is 1280. The summed E-state index contributed by atoms with van der Waals surface area (Å²) in [6.07, 6.45) is 1.30. The molecule has 0 aliphatic heterocycles. The van der Waals surface area contributed by atoms with Crippen molar-refractivity contribution in [2.45, 2.75) is 4.21 Å². The topological polar surface area (TPSA) is 123 Å². The zero-order valence-electron chi connectivity index (χ0n) is 15.2. The van der Waals surface area contributed by atoms with E-state index >= 15 is 0 Å². The van der Waals surface area contributed by atoms with Crippen LogP contribution >= 0.6 is 11.3 Å². The van der Waals surface area contributed by atoms with Gasteiger partial charge >= 0.3 is 5.69 Å². The lowest BCUT2D eigenvalue weighted by Gasteiger charge is -2.16. The van der Waals surface area contributed by atoms with Gasteiger partial charge < -0.3 is 5.32 Å². The number of nitrogens with zero attached hydrogens (tertiary/aromatic N) is 4. The molecule has 0 fully saturated rings. The van der Waals surface area contributed by atoms with Crippen molar-refractivity contribution in [3.63, 3.8) is 0 Å². The molecule has 3 aromatic rings. The number of sulfonamides is 1. The molecule has 148 valence electrons. The van der Waals surface area contributed by atoms with Crippen molar-refractivity contribution >= 4 is 44.0 Å². The number of nitrogens with one attached hydrogen (secondary N) is 1. The number of pyridine rings is 1. The third kappa shape index (κ3) is 3.48. The smallest absolute Gasteiger partial charge is 0.324 e. The maximum absolute atomic E-state index is 12.4. The summed E-state index contributed by atoms with van der Waals surface area (Å²) in [5.74, 6) is -0.592. The number of aryl methyl sites for hydroxylation is 1. The number of likely N-dealkylation sites (N-methyl/N-ethyl adjacent to an activating group) is 1. The van der Waals surface area contributed by atoms with Crippen LogP contribution in [0.1, 0.15) is 0 Å². The summed E-state index contributed by atoms with van der Waals surface area (Å²) in [5.41, 5.74) is -0.653. The highest BCUT2D eigenvalue weighted by molar-refractivity contribution is 7.91. The zero-order valence-corrected chi connectivity index (χ0v) is 16.9. The Morgan fingerprint density at radius 3 is 2.64 bits per heavy atom. The molecule has 0 atom stereocenters. The maximum Gasteiger partial charge on any atom is 0.332 e. The summed E-state index contributed by atoms with van der Waals surface area (Å²) in [6.45, 7) is -0.413. The normalized spacial score (nSPS) is 11.9. The second-order valence-corrected chi connectivity index (χ2v) is 9.26. The Labute approximate surface area is 163 Å². The molecule has 0 aliphatic rings. The van der Waals surface area contributed by atoms with Crippen molar-refractivity contribution < 1.29 is 13.2 Å². The molecule has 0 saturated carbocycles. The first-order chi connectivity index (χ1) is 13.1. The second kappa shape index (κ2) is 7.30. The standard InChI is InChI=1S/C16H17N5O5S2/c1-19(28(25,26)13-5-4-6-27-13)9-12(22)18-10-7-11-14(17-8-10)20(2)16(24)21(3)15(11)23/h4-8H,9H2,1-3H3,(H,18,22). The van der Waals surface area contributed by atoms with Crippen molar-refractivity contribution in [2.24, 2.45) is 14.1 Å². The van der Waals surface area contributed by atoms with Gasteiger partial charge in [-0.15, -0.1) is 11.3 Å². The predicted molar refractivity (Wildman–Crippen MR) is 105 cm³/mol. The number of fused-ring (bicyclic) bond motifs is 1. The third-order valence-corrected chi connectivity index (χ3v) is 7.28. The molecular formula is C16H17N5O5S2. The number of carbonyl (C=O) groups is 1. The van der Waals surface area contributed by atoms with E-state index in [-0.39, 0.29) is 20.9 Å². The van der Waals surface area contributed by atoms with Crippen LogP contribution in [-0.4, -0.2) is 46.3 Å². The molecule has 0 radical (unpaired) electrons. The summed E-state index contributed by atoms with van der Waals surface area (Å²) >= 11 is 1.06. The van der Waals surface area contributed by atoms with Crippen molar-refractivity contribution in [3.05, 3.63) is 50.6 Å². The monoisotopic (exact) mass is 423 g/mol. The summed E-state index contributed by atoms with van der Waals surface area (Å²) in [4.78, 5) is 40.6. The second-order valence-electron chi connectivity index (χ2n) is 6.04. The molecule has 3 heterocycles. The highest BCUT2D eigenvalue weighted by Crippen LogP contribution is 2.19. The van der Waals surface area contributed by atoms with Gasteiger partial charge in [-0.1, -0.05) is 6.07 Å². The maximum atomic E-state index is 12.4. The molecule has 12 heteroatoms. The lowest BCUT2D eigenvalue weighted by molar-refractivity contribution is -0.116. The molecule has 0 spiro atoms. The summed E-state index contributed by atoms with van der Waals surface area (Å²) in [5, 5.41) is 4.31. The quantitative estimate of drug-likeness (QED) is 0.614. The van der Waals surface area contributed by atoms with Gasteiger partial charge in [-0.3, -0.25) is 18.7 Å². The molecular weight excluding hydrogens is 406 g/mol. The molecule has 1 amide bonds. The summed E-state index contributed by atoms with van der Waals surface area (Å²) in [7, 11) is 0.381. The van der Waals surface area contributed by atoms with E-state index in [1.807, 2.05) is 0 Å². The van der Waals surface area contributed by atoms with Crippen LogP contribution < -0.4 is 16.6 Å². The highest BCUT2D eigenvalue weighted by atomic mass is 32.2. The minimum atomic E-state index is -3.76.